The second-order valence-electron chi connectivity index (χ2n) is 7.58. The molecule has 2 aliphatic heterocycles. The van der Waals surface area contributed by atoms with Gasteiger partial charge in [0.25, 0.3) is 0 Å². The van der Waals surface area contributed by atoms with Crippen molar-refractivity contribution in [2.75, 3.05) is 50.1 Å². The molecule has 0 unspecified atom stereocenters. The molecule has 0 amide bonds. The zero-order valence-electron chi connectivity index (χ0n) is 15.8. The minimum absolute atomic E-state index is 0.253. The fraction of sp³-hybridized carbons (Fsp3) is 0.500. The van der Waals surface area contributed by atoms with Crippen molar-refractivity contribution in [1.29, 1.82) is 0 Å². The van der Waals surface area contributed by atoms with Crippen molar-refractivity contribution in [3.8, 4) is 17.0 Å². The molecule has 0 spiro atoms. The maximum atomic E-state index is 10.3. The molecular weight excluding hydrogens is 326 g/mol. The van der Waals surface area contributed by atoms with Gasteiger partial charge in [0, 0.05) is 38.3 Å². The Morgan fingerprint density at radius 3 is 2.73 bits per heavy atom. The van der Waals surface area contributed by atoms with E-state index in [1.54, 1.807) is 6.07 Å². The Hall–Kier alpha value is -2.34. The van der Waals surface area contributed by atoms with Gasteiger partial charge in [-0.2, -0.15) is 0 Å². The van der Waals surface area contributed by atoms with Crippen molar-refractivity contribution in [2.45, 2.75) is 25.8 Å². The van der Waals surface area contributed by atoms with Crippen LogP contribution >= 0.6 is 0 Å². The smallest absolute Gasteiger partial charge is 0.175 e. The number of aromatic hydroxyl groups is 1. The first-order valence-electron chi connectivity index (χ1n) is 9.37. The van der Waals surface area contributed by atoms with Gasteiger partial charge < -0.3 is 19.8 Å². The van der Waals surface area contributed by atoms with Crippen molar-refractivity contribution in [3.05, 3.63) is 29.8 Å². The van der Waals surface area contributed by atoms with Crippen LogP contribution in [0.5, 0.6) is 5.75 Å². The molecule has 1 atom stereocenters. The van der Waals surface area contributed by atoms with E-state index in [9.17, 15) is 5.11 Å². The maximum absolute atomic E-state index is 10.3. The van der Waals surface area contributed by atoms with Crippen LogP contribution in [0, 0.1) is 6.92 Å². The molecular formula is C20H27N5O. The van der Waals surface area contributed by atoms with E-state index < -0.39 is 0 Å². The highest BCUT2D eigenvalue weighted by Gasteiger charge is 2.31. The molecule has 1 aromatic heterocycles. The topological polar surface area (TPSA) is 55.7 Å². The summed E-state index contributed by atoms with van der Waals surface area (Å²) in [6, 6.07) is 8.12. The van der Waals surface area contributed by atoms with Gasteiger partial charge in [-0.05, 0) is 51.1 Å². The Labute approximate surface area is 155 Å². The number of likely N-dealkylation sites (tertiary alicyclic amines) is 1. The van der Waals surface area contributed by atoms with Gasteiger partial charge in [0.15, 0.2) is 5.82 Å². The molecule has 2 aliphatic rings. The van der Waals surface area contributed by atoms with Gasteiger partial charge in [-0.3, -0.25) is 0 Å². The van der Waals surface area contributed by atoms with Crippen LogP contribution in [0.1, 0.15) is 18.4 Å². The van der Waals surface area contributed by atoms with Gasteiger partial charge in [-0.15, -0.1) is 10.2 Å². The average molecular weight is 353 g/mol. The number of fused-ring (bicyclic) bond motifs is 1. The minimum Gasteiger partial charge on any atom is -0.507 e. The van der Waals surface area contributed by atoms with Crippen LogP contribution in [0.4, 0.5) is 11.5 Å². The zero-order chi connectivity index (χ0) is 18.3. The predicted molar refractivity (Wildman–Crippen MR) is 105 cm³/mol. The number of hydrogen-bond acceptors (Lipinski definition) is 6. The molecule has 0 saturated carbocycles. The van der Waals surface area contributed by atoms with Gasteiger partial charge in [0.2, 0.25) is 0 Å². The number of likely N-dealkylation sites (N-methyl/N-ethyl adjacent to an activating group) is 2. The summed E-state index contributed by atoms with van der Waals surface area (Å²) < 4.78 is 0. The van der Waals surface area contributed by atoms with Crippen molar-refractivity contribution in [2.24, 2.45) is 0 Å². The summed E-state index contributed by atoms with van der Waals surface area (Å²) in [6.45, 7) is 6.19. The SMILES string of the molecule is Cc1cccc(O)c1-c1cc2c(nn1)N([C@H]1CCCN(C)C1)CCN2C. The third kappa shape index (κ3) is 2.98. The van der Waals surface area contributed by atoms with Crippen LogP contribution in [0.3, 0.4) is 0 Å². The first-order valence-corrected chi connectivity index (χ1v) is 9.37. The number of anilines is 2. The molecule has 0 bridgehead atoms. The lowest BCUT2D eigenvalue weighted by molar-refractivity contribution is 0.243. The van der Waals surface area contributed by atoms with Crippen molar-refractivity contribution >= 4 is 11.5 Å². The van der Waals surface area contributed by atoms with Crippen molar-refractivity contribution in [1.82, 2.24) is 15.1 Å². The van der Waals surface area contributed by atoms with Crippen LogP contribution < -0.4 is 9.80 Å². The van der Waals surface area contributed by atoms with Crippen LogP contribution in [-0.2, 0) is 0 Å². The molecule has 0 aliphatic carbocycles. The Kier molecular flexibility index (Phi) is 4.44. The van der Waals surface area contributed by atoms with E-state index in [1.165, 1.54) is 19.4 Å². The third-order valence-corrected chi connectivity index (χ3v) is 5.66. The summed E-state index contributed by atoms with van der Waals surface area (Å²) in [6.07, 6.45) is 2.43. The van der Waals surface area contributed by atoms with Gasteiger partial charge >= 0.3 is 0 Å². The first kappa shape index (κ1) is 17.1. The number of piperidine rings is 1. The number of rotatable bonds is 2. The highest BCUT2D eigenvalue weighted by Crippen LogP contribution is 2.38. The quantitative estimate of drug-likeness (QED) is 0.895. The lowest BCUT2D eigenvalue weighted by atomic mass is 10.0. The summed E-state index contributed by atoms with van der Waals surface area (Å²) in [5.74, 6) is 1.22. The van der Waals surface area contributed by atoms with Gasteiger partial charge in [0.1, 0.15) is 5.75 Å². The van der Waals surface area contributed by atoms with Crippen LogP contribution in [-0.4, -0.2) is 66.5 Å². The molecule has 0 radical (unpaired) electrons. The molecule has 138 valence electrons. The fourth-order valence-electron chi connectivity index (χ4n) is 4.20. The Bertz CT molecular complexity index is 789. The number of hydrogen-bond donors (Lipinski definition) is 1. The number of phenolic OH excluding ortho intramolecular Hbond substituents is 1. The first-order chi connectivity index (χ1) is 12.5. The molecule has 1 N–H and O–H groups in total. The molecule has 2 aromatic rings. The van der Waals surface area contributed by atoms with E-state index in [1.807, 2.05) is 19.1 Å². The molecule has 3 heterocycles. The molecule has 1 saturated heterocycles. The molecule has 26 heavy (non-hydrogen) atoms. The Balaban J connectivity index is 1.73. The highest BCUT2D eigenvalue weighted by molar-refractivity contribution is 5.78. The Morgan fingerprint density at radius 2 is 1.96 bits per heavy atom. The van der Waals surface area contributed by atoms with Gasteiger partial charge in [-0.25, -0.2) is 0 Å². The zero-order valence-corrected chi connectivity index (χ0v) is 15.8. The summed E-state index contributed by atoms with van der Waals surface area (Å²) in [4.78, 5) is 7.07. The minimum atomic E-state index is 0.253. The van der Waals surface area contributed by atoms with E-state index >= 15 is 0 Å². The van der Waals surface area contributed by atoms with Crippen LogP contribution in [0.25, 0.3) is 11.3 Å². The van der Waals surface area contributed by atoms with Crippen molar-refractivity contribution in [3.63, 3.8) is 0 Å². The fourth-order valence-corrected chi connectivity index (χ4v) is 4.20. The number of phenols is 1. The number of aryl methyl sites for hydroxylation is 1. The highest BCUT2D eigenvalue weighted by atomic mass is 16.3. The van der Waals surface area contributed by atoms with Gasteiger partial charge in [-0.1, -0.05) is 12.1 Å². The second kappa shape index (κ2) is 6.76. The lowest BCUT2D eigenvalue weighted by Crippen LogP contribution is -2.51. The normalized spacial score (nSPS) is 21.0. The summed E-state index contributed by atoms with van der Waals surface area (Å²) >= 11 is 0. The second-order valence-corrected chi connectivity index (χ2v) is 7.58. The largest absolute Gasteiger partial charge is 0.507 e. The average Bonchev–Trinajstić information content (AvgIpc) is 2.62. The van der Waals surface area contributed by atoms with Crippen molar-refractivity contribution < 1.29 is 5.11 Å². The van der Waals surface area contributed by atoms with E-state index in [0.29, 0.717) is 6.04 Å². The monoisotopic (exact) mass is 353 g/mol. The summed E-state index contributed by atoms with van der Waals surface area (Å²) in [5.41, 5.74) is 3.60. The van der Waals surface area contributed by atoms with E-state index in [2.05, 4.69) is 45.1 Å². The molecule has 6 nitrogen and oxygen atoms in total. The van der Waals surface area contributed by atoms with E-state index in [4.69, 9.17) is 0 Å². The van der Waals surface area contributed by atoms with Crippen LogP contribution in [0.2, 0.25) is 0 Å². The Morgan fingerprint density at radius 1 is 1.12 bits per heavy atom. The third-order valence-electron chi connectivity index (χ3n) is 5.66. The standard InChI is InChI=1S/C20H27N5O/c1-14-6-4-8-18(26)19(14)16-12-17-20(22-21-16)25(11-10-24(17)3)15-7-5-9-23(2)13-15/h4,6,8,12,15,26H,5,7,9-11,13H2,1-3H3/t15-/m0/s1. The molecule has 6 heteroatoms. The predicted octanol–water partition coefficient (Wildman–Crippen LogP) is 2.51. The van der Waals surface area contributed by atoms with E-state index in [0.717, 1.165) is 48.0 Å². The lowest BCUT2D eigenvalue weighted by Gasteiger charge is -2.43. The van der Waals surface area contributed by atoms with Gasteiger partial charge in [0.05, 0.1) is 11.4 Å². The molecule has 1 fully saturated rings. The maximum Gasteiger partial charge on any atom is 0.175 e. The molecule has 4 rings (SSSR count). The van der Waals surface area contributed by atoms with Crippen LogP contribution in [0.15, 0.2) is 24.3 Å². The molecule has 1 aromatic carbocycles. The number of benzene rings is 1. The summed E-state index contributed by atoms with van der Waals surface area (Å²) in [7, 11) is 4.30. The number of aromatic nitrogens is 2. The van der Waals surface area contributed by atoms with E-state index in [-0.39, 0.29) is 5.75 Å². The number of nitrogens with zero attached hydrogens (tertiary/aromatic N) is 5. The summed E-state index contributed by atoms with van der Waals surface area (Å²) in [5, 5.41) is 19.4.